The number of sulfonamides is 1. The van der Waals surface area contributed by atoms with Gasteiger partial charge in [-0.15, -0.1) is 0 Å². The standard InChI is InChI=1S/C22H19N3O5S/c1-2-30-17-9-7-16(8-10-17)24-31(28,29)18-11-5-15(6-12-18)14-25-21(26)19-4-3-13-23-20(19)22(25)27/h3-13,24H,2,14H2,1H3. The Morgan fingerprint density at radius 1 is 0.968 bits per heavy atom. The van der Waals surface area contributed by atoms with Crippen molar-refractivity contribution in [3.63, 3.8) is 0 Å². The number of nitrogens with zero attached hydrogens (tertiary/aromatic N) is 2. The van der Waals surface area contributed by atoms with Crippen LogP contribution in [0.15, 0.2) is 71.8 Å². The Morgan fingerprint density at radius 2 is 1.68 bits per heavy atom. The second kappa shape index (κ2) is 8.19. The Hall–Kier alpha value is -3.72. The number of fused-ring (bicyclic) bond motifs is 1. The number of hydrogen-bond acceptors (Lipinski definition) is 6. The molecule has 0 saturated heterocycles. The van der Waals surface area contributed by atoms with Gasteiger partial charge in [0.25, 0.3) is 21.8 Å². The van der Waals surface area contributed by atoms with Crippen molar-refractivity contribution in [2.24, 2.45) is 0 Å². The third kappa shape index (κ3) is 4.13. The van der Waals surface area contributed by atoms with Crippen molar-refractivity contribution in [3.05, 3.63) is 83.7 Å². The van der Waals surface area contributed by atoms with E-state index in [1.807, 2.05) is 6.92 Å². The van der Waals surface area contributed by atoms with Crippen molar-refractivity contribution in [3.8, 4) is 5.75 Å². The van der Waals surface area contributed by atoms with Gasteiger partial charge < -0.3 is 4.74 Å². The molecule has 3 aromatic rings. The van der Waals surface area contributed by atoms with Crippen LogP contribution >= 0.6 is 0 Å². The average molecular weight is 437 g/mol. The molecule has 2 heterocycles. The zero-order chi connectivity index (χ0) is 22.0. The quantitative estimate of drug-likeness (QED) is 0.570. The molecule has 158 valence electrons. The number of imide groups is 1. The molecular weight excluding hydrogens is 418 g/mol. The molecule has 0 radical (unpaired) electrons. The van der Waals surface area contributed by atoms with Gasteiger partial charge in [-0.3, -0.25) is 24.2 Å². The van der Waals surface area contributed by atoms with Crippen LogP contribution in [0.25, 0.3) is 0 Å². The minimum atomic E-state index is -3.80. The van der Waals surface area contributed by atoms with Crippen molar-refractivity contribution in [1.82, 2.24) is 9.88 Å². The Labute approximate surface area is 179 Å². The fraction of sp³-hybridized carbons (Fsp3) is 0.136. The van der Waals surface area contributed by atoms with E-state index in [1.165, 1.54) is 18.3 Å². The summed E-state index contributed by atoms with van der Waals surface area (Å²) in [6, 6.07) is 15.8. The van der Waals surface area contributed by atoms with E-state index in [1.54, 1.807) is 48.5 Å². The number of carbonyl (C=O) groups is 2. The van der Waals surface area contributed by atoms with Gasteiger partial charge in [-0.1, -0.05) is 12.1 Å². The monoisotopic (exact) mass is 437 g/mol. The third-order valence-corrected chi connectivity index (χ3v) is 6.12. The predicted molar refractivity (Wildman–Crippen MR) is 113 cm³/mol. The first-order chi connectivity index (χ1) is 14.9. The number of pyridine rings is 1. The highest BCUT2D eigenvalue weighted by Gasteiger charge is 2.36. The number of ether oxygens (including phenoxy) is 1. The molecular formula is C22H19N3O5S. The van der Waals surface area contributed by atoms with E-state index in [9.17, 15) is 18.0 Å². The molecule has 31 heavy (non-hydrogen) atoms. The summed E-state index contributed by atoms with van der Waals surface area (Å²) in [6.07, 6.45) is 1.46. The summed E-state index contributed by atoms with van der Waals surface area (Å²) in [5, 5.41) is 0. The molecule has 1 N–H and O–H groups in total. The second-order valence-electron chi connectivity index (χ2n) is 6.80. The molecule has 0 atom stereocenters. The van der Waals surface area contributed by atoms with Gasteiger partial charge in [-0.2, -0.15) is 0 Å². The lowest BCUT2D eigenvalue weighted by Gasteiger charge is -2.14. The number of nitrogens with one attached hydrogen (secondary N) is 1. The van der Waals surface area contributed by atoms with E-state index >= 15 is 0 Å². The number of rotatable bonds is 7. The number of anilines is 1. The summed E-state index contributed by atoms with van der Waals surface area (Å²) in [7, 11) is -3.80. The lowest BCUT2D eigenvalue weighted by molar-refractivity contribution is 0.0640. The van der Waals surface area contributed by atoms with E-state index in [4.69, 9.17) is 4.74 Å². The first kappa shape index (κ1) is 20.5. The number of aromatic nitrogens is 1. The third-order valence-electron chi connectivity index (χ3n) is 4.72. The second-order valence-corrected chi connectivity index (χ2v) is 8.49. The van der Waals surface area contributed by atoms with Crippen LogP contribution in [0.1, 0.15) is 33.3 Å². The van der Waals surface area contributed by atoms with Gasteiger partial charge in [-0.25, -0.2) is 8.42 Å². The Morgan fingerprint density at radius 3 is 2.32 bits per heavy atom. The van der Waals surface area contributed by atoms with E-state index in [2.05, 4.69) is 9.71 Å². The summed E-state index contributed by atoms with van der Waals surface area (Å²) in [4.78, 5) is 30.0. The average Bonchev–Trinajstić information content (AvgIpc) is 3.01. The SMILES string of the molecule is CCOc1ccc(NS(=O)(=O)c2ccc(CN3C(=O)c4cccnc4C3=O)cc2)cc1. The van der Waals surface area contributed by atoms with Crippen LogP contribution in [0.4, 0.5) is 5.69 Å². The summed E-state index contributed by atoms with van der Waals surface area (Å²) >= 11 is 0. The van der Waals surface area contributed by atoms with Crippen LogP contribution < -0.4 is 9.46 Å². The highest BCUT2D eigenvalue weighted by Crippen LogP contribution is 2.24. The van der Waals surface area contributed by atoms with Crippen LogP contribution in [-0.2, 0) is 16.6 Å². The minimum Gasteiger partial charge on any atom is -0.494 e. The van der Waals surface area contributed by atoms with Crippen LogP contribution in [0.5, 0.6) is 5.75 Å². The number of carbonyl (C=O) groups excluding carboxylic acids is 2. The van der Waals surface area contributed by atoms with E-state index < -0.39 is 21.8 Å². The van der Waals surface area contributed by atoms with Gasteiger partial charge in [0.1, 0.15) is 11.4 Å². The molecule has 0 aliphatic carbocycles. The Bertz CT molecular complexity index is 1200. The molecule has 4 rings (SSSR count). The topological polar surface area (TPSA) is 106 Å². The van der Waals surface area contributed by atoms with Crippen LogP contribution in [-0.4, -0.2) is 36.7 Å². The molecule has 2 aromatic carbocycles. The molecule has 0 bridgehead atoms. The molecule has 8 nitrogen and oxygen atoms in total. The van der Waals surface area contributed by atoms with Gasteiger partial charge in [0.05, 0.1) is 23.6 Å². The highest BCUT2D eigenvalue weighted by molar-refractivity contribution is 7.92. The van der Waals surface area contributed by atoms with Crippen LogP contribution in [0.3, 0.4) is 0 Å². The summed E-state index contributed by atoms with van der Waals surface area (Å²) in [5.41, 5.74) is 1.43. The van der Waals surface area contributed by atoms with Crippen molar-refractivity contribution in [2.75, 3.05) is 11.3 Å². The van der Waals surface area contributed by atoms with E-state index in [-0.39, 0.29) is 22.7 Å². The van der Waals surface area contributed by atoms with Gasteiger partial charge in [0.15, 0.2) is 0 Å². The highest BCUT2D eigenvalue weighted by atomic mass is 32.2. The van der Waals surface area contributed by atoms with Gasteiger partial charge in [-0.05, 0) is 61.0 Å². The van der Waals surface area contributed by atoms with Crippen LogP contribution in [0, 0.1) is 0 Å². The largest absolute Gasteiger partial charge is 0.494 e. The smallest absolute Gasteiger partial charge is 0.280 e. The normalized spacial score (nSPS) is 13.3. The summed E-state index contributed by atoms with van der Waals surface area (Å²) in [5.74, 6) is -0.227. The first-order valence-corrected chi connectivity index (χ1v) is 11.0. The minimum absolute atomic E-state index is 0.0284. The fourth-order valence-corrected chi connectivity index (χ4v) is 4.27. The summed E-state index contributed by atoms with van der Waals surface area (Å²) < 4.78 is 33.2. The van der Waals surface area contributed by atoms with Crippen molar-refractivity contribution in [1.29, 1.82) is 0 Å². The lowest BCUT2D eigenvalue weighted by Crippen LogP contribution is -2.29. The van der Waals surface area contributed by atoms with Gasteiger partial charge >= 0.3 is 0 Å². The first-order valence-electron chi connectivity index (χ1n) is 9.55. The lowest BCUT2D eigenvalue weighted by atomic mass is 10.2. The van der Waals surface area contributed by atoms with Gasteiger partial charge in [0.2, 0.25) is 0 Å². The molecule has 0 fully saturated rings. The molecule has 9 heteroatoms. The maximum absolute atomic E-state index is 12.7. The van der Waals surface area contributed by atoms with Crippen molar-refractivity contribution >= 4 is 27.5 Å². The van der Waals surface area contributed by atoms with Crippen molar-refractivity contribution < 1.29 is 22.7 Å². The molecule has 0 saturated carbocycles. The zero-order valence-electron chi connectivity index (χ0n) is 16.6. The maximum atomic E-state index is 12.7. The summed E-state index contributed by atoms with van der Waals surface area (Å²) in [6.45, 7) is 2.42. The van der Waals surface area contributed by atoms with Gasteiger partial charge in [0, 0.05) is 11.9 Å². The van der Waals surface area contributed by atoms with Crippen molar-refractivity contribution in [2.45, 2.75) is 18.4 Å². The zero-order valence-corrected chi connectivity index (χ0v) is 17.4. The molecule has 0 spiro atoms. The molecule has 2 amide bonds. The van der Waals surface area contributed by atoms with E-state index in [0.717, 1.165) is 4.90 Å². The number of benzene rings is 2. The fourth-order valence-electron chi connectivity index (χ4n) is 3.21. The molecule has 1 aromatic heterocycles. The number of amides is 2. The van der Waals surface area contributed by atoms with E-state index in [0.29, 0.717) is 23.6 Å². The van der Waals surface area contributed by atoms with Crippen LogP contribution in [0.2, 0.25) is 0 Å². The molecule has 1 aliphatic rings. The molecule has 1 aliphatic heterocycles. The molecule has 0 unspecified atom stereocenters. The number of hydrogen-bond donors (Lipinski definition) is 1. The maximum Gasteiger partial charge on any atom is 0.280 e. The Kier molecular flexibility index (Phi) is 5.43. The Balaban J connectivity index is 1.46. The predicted octanol–water partition coefficient (Wildman–Crippen LogP) is 3.08.